The Morgan fingerprint density at radius 1 is 1.32 bits per heavy atom. The first-order chi connectivity index (χ1) is 12.0. The van der Waals surface area contributed by atoms with Crippen LogP contribution in [0.2, 0.25) is 5.02 Å². The molecule has 1 aliphatic rings. The van der Waals surface area contributed by atoms with Crippen LogP contribution in [0.25, 0.3) is 0 Å². The largest absolute Gasteiger partial charge is 0.492 e. The van der Waals surface area contributed by atoms with Gasteiger partial charge < -0.3 is 20.3 Å². The molecule has 1 aromatic rings. The number of hydrogen-bond donors (Lipinski definition) is 2. The fraction of sp³-hybridized carbons (Fsp3) is 0.556. The van der Waals surface area contributed by atoms with Gasteiger partial charge in [0.1, 0.15) is 18.4 Å². The third kappa shape index (κ3) is 6.12. The summed E-state index contributed by atoms with van der Waals surface area (Å²) in [5.41, 5.74) is 0. The van der Waals surface area contributed by atoms with Crippen LogP contribution in [0.5, 0.6) is 5.75 Å². The van der Waals surface area contributed by atoms with Gasteiger partial charge in [-0.2, -0.15) is 0 Å². The number of carbonyl (C=O) groups excluding carboxylic acids is 2. The number of hydrogen-bond acceptors (Lipinski definition) is 3. The number of amides is 3. The van der Waals surface area contributed by atoms with E-state index in [0.29, 0.717) is 23.9 Å². The first kappa shape index (κ1) is 19.4. The maximum absolute atomic E-state index is 12.4. The maximum atomic E-state index is 12.4. The zero-order valence-corrected chi connectivity index (χ0v) is 15.5. The Labute approximate surface area is 153 Å². The average molecular weight is 368 g/mol. The second kappa shape index (κ2) is 9.51. The molecule has 2 unspecified atom stereocenters. The molecule has 1 heterocycles. The standard InChI is InChI=1S/C18H26ClN3O3/c1-13-5-3-4-11-22(13)17(23)14(2)21-18(24)20-10-12-25-16-8-6-15(19)7-9-16/h6-9,13-14H,3-5,10-12H2,1-2H3,(H2,20,21,24). The Morgan fingerprint density at radius 2 is 2.04 bits per heavy atom. The molecule has 0 aromatic heterocycles. The summed E-state index contributed by atoms with van der Waals surface area (Å²) in [6.45, 7) is 5.21. The molecule has 2 N–H and O–H groups in total. The summed E-state index contributed by atoms with van der Waals surface area (Å²) in [5.74, 6) is 0.661. The molecule has 0 bridgehead atoms. The van der Waals surface area contributed by atoms with E-state index < -0.39 is 6.04 Å². The lowest BCUT2D eigenvalue weighted by Gasteiger charge is -2.35. The Balaban J connectivity index is 1.66. The van der Waals surface area contributed by atoms with E-state index in [1.165, 1.54) is 0 Å². The summed E-state index contributed by atoms with van der Waals surface area (Å²) in [6, 6.07) is 6.34. The zero-order chi connectivity index (χ0) is 18.2. The molecule has 6 nitrogen and oxygen atoms in total. The van der Waals surface area contributed by atoms with Gasteiger partial charge in [0, 0.05) is 17.6 Å². The van der Waals surface area contributed by atoms with Gasteiger partial charge in [-0.25, -0.2) is 4.79 Å². The van der Waals surface area contributed by atoms with Crippen LogP contribution in [0.15, 0.2) is 24.3 Å². The molecule has 1 saturated heterocycles. The molecule has 138 valence electrons. The normalized spacial score (nSPS) is 18.4. The minimum Gasteiger partial charge on any atom is -0.492 e. The first-order valence-electron chi connectivity index (χ1n) is 8.70. The van der Waals surface area contributed by atoms with E-state index in [1.807, 2.05) is 4.90 Å². The van der Waals surface area contributed by atoms with Crippen molar-refractivity contribution in [3.8, 4) is 5.75 Å². The summed E-state index contributed by atoms with van der Waals surface area (Å²) in [6.07, 6.45) is 3.20. The van der Waals surface area contributed by atoms with E-state index in [0.717, 1.165) is 25.8 Å². The van der Waals surface area contributed by atoms with Crippen LogP contribution >= 0.6 is 11.6 Å². The van der Waals surface area contributed by atoms with Crippen LogP contribution in [0.3, 0.4) is 0 Å². The monoisotopic (exact) mass is 367 g/mol. The number of ether oxygens (including phenoxy) is 1. The number of urea groups is 1. The Morgan fingerprint density at radius 3 is 2.72 bits per heavy atom. The van der Waals surface area contributed by atoms with Gasteiger partial charge >= 0.3 is 6.03 Å². The lowest BCUT2D eigenvalue weighted by Crippen LogP contribution is -2.53. The predicted molar refractivity (Wildman–Crippen MR) is 98.0 cm³/mol. The van der Waals surface area contributed by atoms with Gasteiger partial charge in [0.05, 0.1) is 6.54 Å². The van der Waals surface area contributed by atoms with E-state index in [-0.39, 0.29) is 18.0 Å². The summed E-state index contributed by atoms with van der Waals surface area (Å²) < 4.78 is 5.50. The van der Waals surface area contributed by atoms with Gasteiger partial charge in [0.15, 0.2) is 0 Å². The molecule has 2 atom stereocenters. The van der Waals surface area contributed by atoms with Crippen molar-refractivity contribution in [2.24, 2.45) is 0 Å². The number of halogens is 1. The van der Waals surface area contributed by atoms with Gasteiger partial charge in [-0.15, -0.1) is 0 Å². The Bertz CT molecular complexity index is 579. The third-order valence-electron chi connectivity index (χ3n) is 4.27. The summed E-state index contributed by atoms with van der Waals surface area (Å²) in [7, 11) is 0. The predicted octanol–water partition coefficient (Wildman–Crippen LogP) is 2.81. The summed E-state index contributed by atoms with van der Waals surface area (Å²) >= 11 is 5.80. The third-order valence-corrected chi connectivity index (χ3v) is 4.53. The van der Waals surface area contributed by atoms with Gasteiger partial charge in [0.2, 0.25) is 5.91 Å². The van der Waals surface area contributed by atoms with Gasteiger partial charge in [-0.05, 0) is 57.4 Å². The molecule has 0 saturated carbocycles. The SMILES string of the molecule is CC(NC(=O)NCCOc1ccc(Cl)cc1)C(=O)N1CCCCC1C. The number of likely N-dealkylation sites (tertiary alicyclic amines) is 1. The van der Waals surface area contributed by atoms with Crippen LogP contribution in [-0.4, -0.2) is 48.6 Å². The lowest BCUT2D eigenvalue weighted by atomic mass is 10.0. The highest BCUT2D eigenvalue weighted by Crippen LogP contribution is 2.17. The molecule has 1 aliphatic heterocycles. The minimum absolute atomic E-state index is 0.0280. The molecule has 3 amide bonds. The highest BCUT2D eigenvalue weighted by atomic mass is 35.5. The quantitative estimate of drug-likeness (QED) is 0.759. The lowest BCUT2D eigenvalue weighted by molar-refractivity contribution is -0.136. The number of rotatable bonds is 6. The fourth-order valence-electron chi connectivity index (χ4n) is 2.85. The molecule has 0 radical (unpaired) electrons. The van der Waals surface area contributed by atoms with Crippen molar-refractivity contribution in [2.75, 3.05) is 19.7 Å². The van der Waals surface area contributed by atoms with Crippen molar-refractivity contribution < 1.29 is 14.3 Å². The average Bonchev–Trinajstić information content (AvgIpc) is 2.60. The van der Waals surface area contributed by atoms with Crippen molar-refractivity contribution in [3.05, 3.63) is 29.3 Å². The summed E-state index contributed by atoms with van der Waals surface area (Å²) in [5, 5.41) is 6.03. The Kier molecular flexibility index (Phi) is 7.37. The van der Waals surface area contributed by atoms with E-state index in [2.05, 4.69) is 17.6 Å². The maximum Gasteiger partial charge on any atom is 0.315 e. The second-order valence-corrected chi connectivity index (χ2v) is 6.74. The highest BCUT2D eigenvalue weighted by molar-refractivity contribution is 6.30. The molecule has 25 heavy (non-hydrogen) atoms. The second-order valence-electron chi connectivity index (χ2n) is 6.30. The number of benzene rings is 1. The Hall–Kier alpha value is -1.95. The smallest absolute Gasteiger partial charge is 0.315 e. The van der Waals surface area contributed by atoms with Crippen LogP contribution in [0, 0.1) is 0 Å². The molecule has 1 aromatic carbocycles. The van der Waals surface area contributed by atoms with Crippen molar-refractivity contribution in [1.29, 1.82) is 0 Å². The van der Waals surface area contributed by atoms with Crippen LogP contribution in [0.1, 0.15) is 33.1 Å². The number of nitrogens with zero attached hydrogens (tertiary/aromatic N) is 1. The molecule has 7 heteroatoms. The van der Waals surface area contributed by atoms with Crippen molar-refractivity contribution >= 4 is 23.5 Å². The minimum atomic E-state index is -0.544. The van der Waals surface area contributed by atoms with Crippen molar-refractivity contribution in [2.45, 2.75) is 45.2 Å². The van der Waals surface area contributed by atoms with E-state index in [4.69, 9.17) is 16.3 Å². The fourth-order valence-corrected chi connectivity index (χ4v) is 2.97. The molecular formula is C18H26ClN3O3. The molecule has 0 aliphatic carbocycles. The number of piperidine rings is 1. The number of nitrogens with one attached hydrogen (secondary N) is 2. The first-order valence-corrected chi connectivity index (χ1v) is 9.08. The van der Waals surface area contributed by atoms with Crippen molar-refractivity contribution in [3.63, 3.8) is 0 Å². The number of carbonyl (C=O) groups is 2. The van der Waals surface area contributed by atoms with Gasteiger partial charge in [0.25, 0.3) is 0 Å². The van der Waals surface area contributed by atoms with Crippen LogP contribution < -0.4 is 15.4 Å². The van der Waals surface area contributed by atoms with E-state index in [9.17, 15) is 9.59 Å². The molecule has 2 rings (SSSR count). The highest BCUT2D eigenvalue weighted by Gasteiger charge is 2.27. The van der Waals surface area contributed by atoms with Gasteiger partial charge in [-0.3, -0.25) is 4.79 Å². The zero-order valence-electron chi connectivity index (χ0n) is 14.8. The molecular weight excluding hydrogens is 342 g/mol. The van der Waals surface area contributed by atoms with Crippen LogP contribution in [0.4, 0.5) is 4.79 Å². The summed E-state index contributed by atoms with van der Waals surface area (Å²) in [4.78, 5) is 26.2. The molecule has 1 fully saturated rings. The topological polar surface area (TPSA) is 70.7 Å². The van der Waals surface area contributed by atoms with E-state index in [1.54, 1.807) is 31.2 Å². The molecule has 0 spiro atoms. The van der Waals surface area contributed by atoms with Crippen molar-refractivity contribution in [1.82, 2.24) is 15.5 Å². The van der Waals surface area contributed by atoms with Gasteiger partial charge in [-0.1, -0.05) is 11.6 Å². The van der Waals surface area contributed by atoms with E-state index >= 15 is 0 Å². The van der Waals surface area contributed by atoms with Crippen LogP contribution in [-0.2, 0) is 4.79 Å².